The van der Waals surface area contributed by atoms with E-state index in [-0.39, 0.29) is 11.8 Å². The van der Waals surface area contributed by atoms with Crippen LogP contribution in [0.5, 0.6) is 5.75 Å². The van der Waals surface area contributed by atoms with Crippen molar-refractivity contribution in [2.24, 2.45) is 5.92 Å². The average molecular weight is 403 g/mol. The van der Waals surface area contributed by atoms with Gasteiger partial charge in [-0.3, -0.25) is 4.79 Å². The molecule has 150 valence electrons. The van der Waals surface area contributed by atoms with Crippen molar-refractivity contribution in [2.45, 2.75) is 24.2 Å². The van der Waals surface area contributed by atoms with Crippen LogP contribution in [-0.4, -0.2) is 44.9 Å². The molecule has 0 bridgehead atoms. The predicted molar refractivity (Wildman–Crippen MR) is 107 cm³/mol. The number of hydrogen-bond donors (Lipinski definition) is 1. The Bertz CT molecular complexity index is 848. The van der Waals surface area contributed by atoms with Gasteiger partial charge in [-0.15, -0.1) is 0 Å². The molecule has 0 unspecified atom stereocenters. The molecule has 1 saturated heterocycles. The van der Waals surface area contributed by atoms with Crippen molar-refractivity contribution in [3.05, 3.63) is 60.7 Å². The molecule has 1 aliphatic heterocycles. The number of para-hydroxylation sites is 1. The Morgan fingerprint density at radius 1 is 1.00 bits per heavy atom. The second-order valence-electron chi connectivity index (χ2n) is 6.80. The first kappa shape index (κ1) is 20.4. The van der Waals surface area contributed by atoms with Crippen LogP contribution in [0, 0.1) is 5.92 Å². The van der Waals surface area contributed by atoms with Gasteiger partial charge in [-0.1, -0.05) is 36.4 Å². The molecule has 3 rings (SSSR count). The van der Waals surface area contributed by atoms with Crippen LogP contribution in [0.1, 0.15) is 19.3 Å². The average Bonchev–Trinajstić information content (AvgIpc) is 2.75. The second kappa shape index (κ2) is 9.71. The number of nitrogens with zero attached hydrogens (tertiary/aromatic N) is 1. The summed E-state index contributed by atoms with van der Waals surface area (Å²) in [6.07, 6.45) is 1.80. The van der Waals surface area contributed by atoms with Crippen molar-refractivity contribution in [3.63, 3.8) is 0 Å². The first-order chi connectivity index (χ1) is 13.6. The predicted octanol–water partition coefficient (Wildman–Crippen LogP) is 2.67. The summed E-state index contributed by atoms with van der Waals surface area (Å²) >= 11 is 0. The second-order valence-corrected chi connectivity index (χ2v) is 8.74. The molecule has 1 amide bonds. The standard InChI is InChI=1S/C21H26N2O4S/c24-21(22-14-7-17-27-19-8-3-1-4-9-19)18-12-15-23(16-13-18)28(25,26)20-10-5-2-6-11-20/h1-6,8-11,18H,7,12-17H2,(H,22,24). The van der Waals surface area contributed by atoms with E-state index in [9.17, 15) is 13.2 Å². The highest BCUT2D eigenvalue weighted by molar-refractivity contribution is 7.89. The summed E-state index contributed by atoms with van der Waals surface area (Å²) in [6.45, 7) is 1.82. The lowest BCUT2D eigenvalue weighted by Gasteiger charge is -2.30. The SMILES string of the molecule is O=C(NCCCOc1ccccc1)C1CCN(S(=O)(=O)c2ccccc2)CC1. The lowest BCUT2D eigenvalue weighted by molar-refractivity contribution is -0.126. The van der Waals surface area contributed by atoms with Crippen LogP contribution < -0.4 is 10.1 Å². The number of ether oxygens (including phenoxy) is 1. The highest BCUT2D eigenvalue weighted by Gasteiger charge is 2.31. The molecular formula is C21H26N2O4S. The molecule has 2 aromatic carbocycles. The summed E-state index contributed by atoms with van der Waals surface area (Å²) in [6, 6.07) is 18.0. The molecule has 0 radical (unpaired) electrons. The number of sulfonamides is 1. The van der Waals surface area contributed by atoms with Crippen molar-refractivity contribution in [1.82, 2.24) is 9.62 Å². The fourth-order valence-electron chi connectivity index (χ4n) is 3.23. The largest absolute Gasteiger partial charge is 0.494 e. The summed E-state index contributed by atoms with van der Waals surface area (Å²) in [5.41, 5.74) is 0. The van der Waals surface area contributed by atoms with Crippen molar-refractivity contribution in [3.8, 4) is 5.75 Å². The molecule has 2 aromatic rings. The molecular weight excluding hydrogens is 376 g/mol. The molecule has 0 spiro atoms. The zero-order valence-corrected chi connectivity index (χ0v) is 16.6. The number of amides is 1. The summed E-state index contributed by atoms with van der Waals surface area (Å²) in [7, 11) is -3.48. The summed E-state index contributed by atoms with van der Waals surface area (Å²) in [5, 5.41) is 2.94. The van der Waals surface area contributed by atoms with E-state index >= 15 is 0 Å². The maximum atomic E-state index is 12.6. The Hall–Kier alpha value is -2.38. The van der Waals surface area contributed by atoms with E-state index in [2.05, 4.69) is 5.32 Å². The molecule has 1 fully saturated rings. The van der Waals surface area contributed by atoms with Crippen molar-refractivity contribution < 1.29 is 17.9 Å². The quantitative estimate of drug-likeness (QED) is 0.689. The van der Waals surface area contributed by atoms with E-state index in [1.165, 1.54) is 4.31 Å². The molecule has 0 aromatic heterocycles. The van der Waals surface area contributed by atoms with Gasteiger partial charge in [-0.25, -0.2) is 8.42 Å². The van der Waals surface area contributed by atoms with E-state index in [1.54, 1.807) is 30.3 Å². The van der Waals surface area contributed by atoms with Crippen LogP contribution in [-0.2, 0) is 14.8 Å². The van der Waals surface area contributed by atoms with Gasteiger partial charge in [0.25, 0.3) is 0 Å². The Labute approximate surface area is 166 Å². The smallest absolute Gasteiger partial charge is 0.243 e. The third kappa shape index (κ3) is 5.33. The van der Waals surface area contributed by atoms with Crippen LogP contribution in [0.4, 0.5) is 0 Å². The van der Waals surface area contributed by atoms with Crippen LogP contribution in [0.25, 0.3) is 0 Å². The number of carbonyl (C=O) groups is 1. The molecule has 0 atom stereocenters. The minimum Gasteiger partial charge on any atom is -0.494 e. The zero-order valence-electron chi connectivity index (χ0n) is 15.8. The van der Waals surface area contributed by atoms with E-state index in [0.717, 1.165) is 12.2 Å². The maximum Gasteiger partial charge on any atom is 0.243 e. The summed E-state index contributed by atoms with van der Waals surface area (Å²) < 4.78 is 32.3. The molecule has 1 N–H and O–H groups in total. The highest BCUT2D eigenvalue weighted by Crippen LogP contribution is 2.23. The summed E-state index contributed by atoms with van der Waals surface area (Å²) in [4.78, 5) is 12.6. The maximum absolute atomic E-state index is 12.6. The van der Waals surface area contributed by atoms with Crippen LogP contribution >= 0.6 is 0 Å². The number of nitrogens with one attached hydrogen (secondary N) is 1. The van der Waals surface area contributed by atoms with Gasteiger partial charge in [0, 0.05) is 25.6 Å². The topological polar surface area (TPSA) is 75.7 Å². The van der Waals surface area contributed by atoms with E-state index in [0.29, 0.717) is 44.0 Å². The first-order valence-electron chi connectivity index (χ1n) is 9.58. The van der Waals surface area contributed by atoms with Crippen molar-refractivity contribution >= 4 is 15.9 Å². The van der Waals surface area contributed by atoms with Crippen LogP contribution in [0.2, 0.25) is 0 Å². The third-order valence-electron chi connectivity index (χ3n) is 4.84. The van der Waals surface area contributed by atoms with E-state index < -0.39 is 10.0 Å². The number of carbonyl (C=O) groups excluding carboxylic acids is 1. The highest BCUT2D eigenvalue weighted by atomic mass is 32.2. The van der Waals surface area contributed by atoms with Gasteiger partial charge in [0.15, 0.2) is 0 Å². The lowest BCUT2D eigenvalue weighted by atomic mass is 9.97. The van der Waals surface area contributed by atoms with Gasteiger partial charge in [0.05, 0.1) is 11.5 Å². The van der Waals surface area contributed by atoms with E-state index in [1.807, 2.05) is 30.3 Å². The molecule has 0 aliphatic carbocycles. The summed E-state index contributed by atoms with van der Waals surface area (Å²) in [5.74, 6) is 0.676. The Morgan fingerprint density at radius 2 is 1.61 bits per heavy atom. The molecule has 7 heteroatoms. The van der Waals surface area contributed by atoms with Crippen molar-refractivity contribution in [2.75, 3.05) is 26.2 Å². The zero-order chi connectivity index (χ0) is 19.8. The van der Waals surface area contributed by atoms with E-state index in [4.69, 9.17) is 4.74 Å². The third-order valence-corrected chi connectivity index (χ3v) is 6.75. The monoisotopic (exact) mass is 402 g/mol. The van der Waals surface area contributed by atoms with Crippen LogP contribution in [0.15, 0.2) is 65.6 Å². The van der Waals surface area contributed by atoms with Crippen molar-refractivity contribution in [1.29, 1.82) is 0 Å². The lowest BCUT2D eigenvalue weighted by Crippen LogP contribution is -2.43. The van der Waals surface area contributed by atoms with Gasteiger partial charge in [0.1, 0.15) is 5.75 Å². The molecule has 0 saturated carbocycles. The first-order valence-corrected chi connectivity index (χ1v) is 11.0. The van der Waals surface area contributed by atoms with Gasteiger partial charge < -0.3 is 10.1 Å². The minimum atomic E-state index is -3.48. The fraction of sp³-hybridized carbons (Fsp3) is 0.381. The van der Waals surface area contributed by atoms with Gasteiger partial charge in [-0.05, 0) is 43.5 Å². The van der Waals surface area contributed by atoms with Gasteiger partial charge >= 0.3 is 0 Å². The number of hydrogen-bond acceptors (Lipinski definition) is 4. The minimum absolute atomic E-state index is 0.00327. The normalized spacial score (nSPS) is 15.9. The number of benzene rings is 2. The van der Waals surface area contributed by atoms with Crippen LogP contribution in [0.3, 0.4) is 0 Å². The fourth-order valence-corrected chi connectivity index (χ4v) is 4.73. The van der Waals surface area contributed by atoms with Gasteiger partial charge in [0.2, 0.25) is 15.9 Å². The molecule has 6 nitrogen and oxygen atoms in total. The Balaban J connectivity index is 1.38. The molecule has 28 heavy (non-hydrogen) atoms. The number of piperidine rings is 1. The Kier molecular flexibility index (Phi) is 7.06. The molecule has 1 aliphatic rings. The number of rotatable bonds is 8. The Morgan fingerprint density at radius 3 is 2.25 bits per heavy atom. The molecule has 1 heterocycles. The van der Waals surface area contributed by atoms with Gasteiger partial charge in [-0.2, -0.15) is 4.31 Å².